The molecule has 9 heteroatoms. The highest BCUT2D eigenvalue weighted by Crippen LogP contribution is 2.34. The normalized spacial score (nSPS) is 16.9. The van der Waals surface area contributed by atoms with Crippen molar-refractivity contribution in [1.82, 2.24) is 9.80 Å². The number of imide groups is 1. The maximum absolute atomic E-state index is 12.8. The average Bonchev–Trinajstić information content (AvgIpc) is 3.05. The summed E-state index contributed by atoms with van der Waals surface area (Å²) in [6.07, 6.45) is 2.18. The lowest BCUT2D eigenvalue weighted by Crippen LogP contribution is -2.44. The molecule has 164 valence electrons. The van der Waals surface area contributed by atoms with E-state index >= 15 is 0 Å². The Kier molecular flexibility index (Phi) is 6.27. The van der Waals surface area contributed by atoms with E-state index in [1.807, 2.05) is 24.3 Å². The summed E-state index contributed by atoms with van der Waals surface area (Å²) >= 11 is 0.731. The predicted octanol–water partition coefficient (Wildman–Crippen LogP) is 1.44. The summed E-state index contributed by atoms with van der Waals surface area (Å²) in [6, 6.07) is 14.4. The van der Waals surface area contributed by atoms with Crippen LogP contribution in [0.25, 0.3) is 6.08 Å². The monoisotopic (exact) mass is 451 g/mol. The molecule has 2 heterocycles. The van der Waals surface area contributed by atoms with Gasteiger partial charge in [-0.2, -0.15) is 0 Å². The van der Waals surface area contributed by atoms with Crippen molar-refractivity contribution in [3.8, 4) is 5.75 Å². The maximum Gasteiger partial charge on any atom is 0.294 e. The van der Waals surface area contributed by atoms with E-state index < -0.39 is 23.7 Å². The van der Waals surface area contributed by atoms with Crippen LogP contribution in [0, 0.1) is 0 Å². The Labute approximate surface area is 188 Å². The average molecular weight is 451 g/mol. The summed E-state index contributed by atoms with van der Waals surface area (Å²) in [5.41, 5.74) is 2.71. The Morgan fingerprint density at radius 3 is 2.56 bits per heavy atom. The number of amides is 3. The molecule has 0 N–H and O–H groups in total. The van der Waals surface area contributed by atoms with Gasteiger partial charge in [-0.1, -0.05) is 42.5 Å². The van der Waals surface area contributed by atoms with Crippen molar-refractivity contribution < 1.29 is 29.0 Å². The zero-order valence-electron chi connectivity index (χ0n) is 17.0. The van der Waals surface area contributed by atoms with Crippen LogP contribution < -0.4 is 9.84 Å². The van der Waals surface area contributed by atoms with Crippen LogP contribution in [-0.2, 0) is 27.3 Å². The lowest BCUT2D eigenvalue weighted by molar-refractivity contribution is -0.307. The molecule has 32 heavy (non-hydrogen) atoms. The molecule has 0 spiro atoms. The van der Waals surface area contributed by atoms with Crippen molar-refractivity contribution in [2.24, 2.45) is 0 Å². The third kappa shape index (κ3) is 4.67. The number of hydrogen-bond acceptors (Lipinski definition) is 7. The molecule has 1 fully saturated rings. The molecule has 0 aliphatic carbocycles. The van der Waals surface area contributed by atoms with Crippen molar-refractivity contribution in [2.45, 2.75) is 13.0 Å². The number of fused-ring (bicyclic) bond motifs is 1. The predicted molar refractivity (Wildman–Crippen MR) is 115 cm³/mol. The topological polar surface area (TPSA) is 107 Å². The Morgan fingerprint density at radius 2 is 1.78 bits per heavy atom. The van der Waals surface area contributed by atoms with Gasteiger partial charge in [0.2, 0.25) is 5.91 Å². The van der Waals surface area contributed by atoms with E-state index in [2.05, 4.69) is 0 Å². The molecule has 0 atom stereocenters. The molecule has 2 aromatic rings. The molecule has 2 aromatic carbocycles. The second kappa shape index (κ2) is 9.27. The molecule has 3 amide bonds. The summed E-state index contributed by atoms with van der Waals surface area (Å²) in [5.74, 6) is -1.99. The zero-order chi connectivity index (χ0) is 22.7. The van der Waals surface area contributed by atoms with Crippen molar-refractivity contribution in [3.05, 3.63) is 70.1 Å². The van der Waals surface area contributed by atoms with Crippen LogP contribution in [0.2, 0.25) is 0 Å². The van der Waals surface area contributed by atoms with Gasteiger partial charge in [-0.05, 0) is 41.5 Å². The van der Waals surface area contributed by atoms with E-state index in [0.29, 0.717) is 18.7 Å². The number of carboxylic acid groups (broad SMARTS) is 1. The summed E-state index contributed by atoms with van der Waals surface area (Å²) in [4.78, 5) is 51.4. The fraction of sp³-hybridized carbons (Fsp3) is 0.217. The number of rotatable bonds is 6. The minimum Gasteiger partial charge on any atom is -0.546 e. The van der Waals surface area contributed by atoms with Gasteiger partial charge in [-0.3, -0.25) is 19.3 Å². The fourth-order valence-corrected chi connectivity index (χ4v) is 4.42. The van der Waals surface area contributed by atoms with Crippen LogP contribution in [0.15, 0.2) is 53.4 Å². The first-order valence-electron chi connectivity index (χ1n) is 9.94. The van der Waals surface area contributed by atoms with Crippen molar-refractivity contribution in [3.63, 3.8) is 0 Å². The number of ether oxygens (including phenoxy) is 1. The van der Waals surface area contributed by atoms with Gasteiger partial charge in [-0.15, -0.1) is 0 Å². The Morgan fingerprint density at radius 1 is 1.06 bits per heavy atom. The van der Waals surface area contributed by atoms with E-state index in [4.69, 9.17) is 4.74 Å². The second-order valence-electron chi connectivity index (χ2n) is 7.30. The Bertz CT molecular complexity index is 1130. The molecule has 0 saturated carbocycles. The number of thioether (sulfide) groups is 1. The number of carboxylic acids is 1. The number of carbonyl (C=O) groups is 4. The van der Waals surface area contributed by atoms with E-state index in [1.165, 1.54) is 11.6 Å². The molecule has 0 unspecified atom stereocenters. The highest BCUT2D eigenvalue weighted by Gasteiger charge is 2.37. The molecule has 0 bridgehead atoms. The minimum atomic E-state index is -1.38. The number of aliphatic carboxylic acids is 1. The molecule has 8 nitrogen and oxygen atoms in total. The van der Waals surface area contributed by atoms with Crippen molar-refractivity contribution >= 4 is 40.9 Å². The number of hydrogen-bond donors (Lipinski definition) is 0. The van der Waals surface area contributed by atoms with Crippen LogP contribution in [0.1, 0.15) is 16.7 Å². The molecule has 0 aromatic heterocycles. The highest BCUT2D eigenvalue weighted by atomic mass is 32.2. The van der Waals surface area contributed by atoms with Crippen LogP contribution >= 0.6 is 11.8 Å². The number of para-hydroxylation sites is 1. The van der Waals surface area contributed by atoms with E-state index in [-0.39, 0.29) is 23.1 Å². The number of nitrogens with zero attached hydrogens (tertiary/aromatic N) is 2. The molecule has 2 aliphatic heterocycles. The molecule has 1 saturated heterocycles. The molecule has 2 aliphatic rings. The van der Waals surface area contributed by atoms with Gasteiger partial charge in [0.1, 0.15) is 18.9 Å². The van der Waals surface area contributed by atoms with Gasteiger partial charge in [0, 0.05) is 18.7 Å². The van der Waals surface area contributed by atoms with Crippen molar-refractivity contribution in [1.29, 1.82) is 0 Å². The van der Waals surface area contributed by atoms with Crippen molar-refractivity contribution in [2.75, 3.05) is 19.7 Å². The maximum atomic E-state index is 12.8. The first-order chi connectivity index (χ1) is 15.4. The number of benzene rings is 2. The standard InChI is InChI=1S/C23H20N2O6S/c26-20(24-10-9-15-5-1-2-7-17(15)12-24)13-25-22(29)19(32-23(25)30)11-16-6-3-4-8-18(16)31-14-21(27)28/h1-8,11H,9-10,12-14H2,(H,27,28)/p-1/b19-11+. The van der Waals surface area contributed by atoms with Gasteiger partial charge in [0.25, 0.3) is 11.1 Å². The van der Waals surface area contributed by atoms with Gasteiger partial charge in [-0.25, -0.2) is 0 Å². The van der Waals surface area contributed by atoms with Crippen LogP contribution in [-0.4, -0.2) is 52.5 Å². The smallest absolute Gasteiger partial charge is 0.294 e. The second-order valence-corrected chi connectivity index (χ2v) is 8.29. The van der Waals surface area contributed by atoms with Crippen LogP contribution in [0.3, 0.4) is 0 Å². The summed E-state index contributed by atoms with van der Waals surface area (Å²) in [7, 11) is 0. The molecular weight excluding hydrogens is 432 g/mol. The van der Waals surface area contributed by atoms with E-state index in [1.54, 1.807) is 29.2 Å². The summed E-state index contributed by atoms with van der Waals surface area (Å²) < 4.78 is 5.18. The minimum absolute atomic E-state index is 0.135. The van der Waals surface area contributed by atoms with E-state index in [0.717, 1.165) is 28.6 Å². The summed E-state index contributed by atoms with van der Waals surface area (Å²) in [5, 5.41) is 10.1. The zero-order valence-corrected chi connectivity index (χ0v) is 17.8. The lowest BCUT2D eigenvalue weighted by atomic mass is 10.00. The van der Waals surface area contributed by atoms with Crippen LogP contribution in [0.4, 0.5) is 4.79 Å². The third-order valence-corrected chi connectivity index (χ3v) is 6.11. The van der Waals surface area contributed by atoms with E-state index in [9.17, 15) is 24.3 Å². The highest BCUT2D eigenvalue weighted by molar-refractivity contribution is 8.18. The molecular formula is C23H19N2O6S-. The van der Waals surface area contributed by atoms with Gasteiger partial charge in [0.15, 0.2) is 0 Å². The SMILES string of the molecule is O=C([O-])COc1ccccc1/C=C1/SC(=O)N(CC(=O)N2CCc3ccccc3C2)C1=O. The summed E-state index contributed by atoms with van der Waals surface area (Å²) in [6.45, 7) is 0.0159. The largest absolute Gasteiger partial charge is 0.546 e. The molecule has 4 rings (SSSR count). The third-order valence-electron chi connectivity index (χ3n) is 5.20. The lowest BCUT2D eigenvalue weighted by Gasteiger charge is -2.29. The van der Waals surface area contributed by atoms with Crippen LogP contribution in [0.5, 0.6) is 5.75 Å². The fourth-order valence-electron chi connectivity index (χ4n) is 3.59. The Balaban J connectivity index is 1.46. The molecule has 0 radical (unpaired) electrons. The van der Waals surface area contributed by atoms with Gasteiger partial charge >= 0.3 is 0 Å². The van der Waals surface area contributed by atoms with Gasteiger partial charge < -0.3 is 19.5 Å². The number of carbonyl (C=O) groups excluding carboxylic acids is 4. The Hall–Kier alpha value is -3.59. The first-order valence-corrected chi connectivity index (χ1v) is 10.8. The quantitative estimate of drug-likeness (QED) is 0.612. The van der Waals surface area contributed by atoms with Gasteiger partial charge in [0.05, 0.1) is 10.9 Å². The first kappa shape index (κ1) is 21.6.